The minimum Gasteiger partial charge on any atom is -0.481 e. The van der Waals surface area contributed by atoms with Gasteiger partial charge in [-0.2, -0.15) is 0 Å². The van der Waals surface area contributed by atoms with E-state index in [1.165, 1.54) is 24.2 Å². The fourth-order valence-electron chi connectivity index (χ4n) is 5.57. The van der Waals surface area contributed by atoms with Crippen LogP contribution in [0.15, 0.2) is 66.6 Å². The molecule has 186 valence electrons. The molecular weight excluding hydrogens is 487 g/mol. The van der Waals surface area contributed by atoms with Gasteiger partial charge >= 0.3 is 0 Å². The maximum absolute atomic E-state index is 15.7. The summed E-state index contributed by atoms with van der Waals surface area (Å²) >= 11 is 1.52. The van der Waals surface area contributed by atoms with E-state index in [9.17, 15) is 0 Å². The highest BCUT2D eigenvalue weighted by molar-refractivity contribution is 8.13. The van der Waals surface area contributed by atoms with Crippen LogP contribution in [0.4, 0.5) is 4.39 Å². The number of hydrogen-bond donors (Lipinski definition) is 1. The average Bonchev–Trinajstić information content (AvgIpc) is 2.92. The molecule has 3 aromatic heterocycles. The third-order valence-electron chi connectivity index (χ3n) is 7.42. The summed E-state index contributed by atoms with van der Waals surface area (Å²) in [6, 6.07) is 7.11. The molecule has 37 heavy (non-hydrogen) atoms. The second kappa shape index (κ2) is 9.23. The van der Waals surface area contributed by atoms with Gasteiger partial charge in [-0.1, -0.05) is 17.8 Å². The van der Waals surface area contributed by atoms with Gasteiger partial charge < -0.3 is 10.5 Å². The summed E-state index contributed by atoms with van der Waals surface area (Å²) in [6.45, 7) is 2.07. The Balaban J connectivity index is 1.57. The Morgan fingerprint density at radius 1 is 1.03 bits per heavy atom. The van der Waals surface area contributed by atoms with Crippen molar-refractivity contribution in [1.29, 1.82) is 0 Å². The average molecular weight is 513 g/mol. The Morgan fingerprint density at radius 2 is 1.86 bits per heavy atom. The molecular formula is C28H25FN6OS. The Bertz CT molecular complexity index is 1530. The van der Waals surface area contributed by atoms with Crippen molar-refractivity contribution < 1.29 is 9.13 Å². The third kappa shape index (κ3) is 3.94. The molecule has 0 saturated heterocycles. The van der Waals surface area contributed by atoms with Crippen molar-refractivity contribution >= 4 is 16.9 Å². The number of ether oxygens (including phenoxy) is 1. The zero-order valence-corrected chi connectivity index (χ0v) is 21.3. The van der Waals surface area contributed by atoms with E-state index in [1.807, 2.05) is 24.5 Å². The van der Waals surface area contributed by atoms with E-state index in [1.54, 1.807) is 31.8 Å². The normalized spacial score (nSPS) is 20.5. The van der Waals surface area contributed by atoms with E-state index in [4.69, 9.17) is 15.5 Å². The first kappa shape index (κ1) is 23.5. The fraction of sp³-hybridized carbons (Fsp3) is 0.250. The number of aliphatic imine (C=N–C) groups is 1. The van der Waals surface area contributed by atoms with E-state index in [2.05, 4.69) is 26.9 Å². The lowest BCUT2D eigenvalue weighted by Gasteiger charge is -2.45. The molecule has 0 unspecified atom stereocenters. The molecule has 0 bridgehead atoms. The fourth-order valence-corrected chi connectivity index (χ4v) is 6.56. The molecule has 4 aromatic rings. The lowest BCUT2D eigenvalue weighted by molar-refractivity contribution is 0.263. The second-order valence-corrected chi connectivity index (χ2v) is 10.5. The Labute approximate surface area is 218 Å². The van der Waals surface area contributed by atoms with Crippen molar-refractivity contribution in [2.75, 3.05) is 12.9 Å². The molecule has 7 nitrogen and oxygen atoms in total. The van der Waals surface area contributed by atoms with Crippen LogP contribution in [0, 0.1) is 18.7 Å². The molecule has 0 amide bonds. The maximum Gasteiger partial charge on any atom is 0.216 e. The van der Waals surface area contributed by atoms with E-state index in [-0.39, 0.29) is 11.7 Å². The van der Waals surface area contributed by atoms with E-state index >= 15 is 4.39 Å². The lowest BCUT2D eigenvalue weighted by Crippen LogP contribution is -2.46. The number of pyridine rings is 2. The highest BCUT2D eigenvalue weighted by Gasteiger charge is 2.49. The SMILES string of the molecule is COc1ncc(-c2cnccc2C)c2c1C[C@]1(c3cc(-c4cncnc4)ccc3F)N=C(N)SC[C@@H]1C2. The summed E-state index contributed by atoms with van der Waals surface area (Å²) in [7, 11) is 1.61. The van der Waals surface area contributed by atoms with Crippen LogP contribution in [0.1, 0.15) is 22.3 Å². The highest BCUT2D eigenvalue weighted by atomic mass is 32.2. The zero-order valence-electron chi connectivity index (χ0n) is 20.5. The summed E-state index contributed by atoms with van der Waals surface area (Å²) < 4.78 is 21.4. The minimum absolute atomic E-state index is 0.0110. The molecule has 2 aliphatic rings. The second-order valence-electron chi connectivity index (χ2n) is 9.41. The van der Waals surface area contributed by atoms with E-state index < -0.39 is 5.54 Å². The number of nitrogens with two attached hydrogens (primary N) is 1. The van der Waals surface area contributed by atoms with Crippen molar-refractivity contribution in [2.45, 2.75) is 25.3 Å². The number of aryl methyl sites for hydroxylation is 1. The van der Waals surface area contributed by atoms with Gasteiger partial charge in [0.25, 0.3) is 0 Å². The van der Waals surface area contributed by atoms with E-state index in [0.29, 0.717) is 29.5 Å². The molecule has 1 aliphatic heterocycles. The molecule has 0 radical (unpaired) electrons. The van der Waals surface area contributed by atoms with Gasteiger partial charge in [0, 0.05) is 76.9 Å². The summed E-state index contributed by atoms with van der Waals surface area (Å²) in [6.07, 6.45) is 11.5. The lowest BCUT2D eigenvalue weighted by atomic mass is 9.66. The minimum atomic E-state index is -0.893. The van der Waals surface area contributed by atoms with Crippen molar-refractivity contribution in [1.82, 2.24) is 19.9 Å². The quantitative estimate of drug-likeness (QED) is 0.422. The van der Waals surface area contributed by atoms with Crippen LogP contribution in [-0.4, -0.2) is 38.0 Å². The zero-order chi connectivity index (χ0) is 25.6. The summed E-state index contributed by atoms with van der Waals surface area (Å²) in [5.74, 6) is 0.946. The van der Waals surface area contributed by atoms with Crippen molar-refractivity contribution in [2.24, 2.45) is 16.6 Å². The number of thioether (sulfide) groups is 1. The van der Waals surface area contributed by atoms with Gasteiger partial charge in [-0.15, -0.1) is 0 Å². The molecule has 0 spiro atoms. The third-order valence-corrected chi connectivity index (χ3v) is 8.38. The molecule has 2 atom stereocenters. The monoisotopic (exact) mass is 512 g/mol. The predicted octanol–water partition coefficient (Wildman–Crippen LogP) is 4.73. The standard InChI is InChI=1S/C28H25FN6OS/c1-16-5-6-31-12-22(16)23-13-34-26(36-2)21-9-28(19(8-20(21)23)14-37-27(30)35-28)24-7-17(3-4-25(24)29)18-10-32-15-33-11-18/h3-7,10-13,15,19H,8-9,14H2,1-2H3,(H2,30,35)/t19-,28-/m0/s1. The van der Waals surface area contributed by atoms with Gasteiger partial charge in [0.2, 0.25) is 5.88 Å². The molecule has 9 heteroatoms. The number of hydrogen-bond acceptors (Lipinski definition) is 8. The molecule has 2 N–H and O–H groups in total. The molecule has 0 saturated carbocycles. The van der Waals surface area contributed by atoms with Crippen molar-refractivity contribution in [3.05, 3.63) is 89.6 Å². The van der Waals surface area contributed by atoms with Crippen LogP contribution in [0.25, 0.3) is 22.3 Å². The molecule has 0 fully saturated rings. The van der Waals surface area contributed by atoms with Gasteiger partial charge in [0.15, 0.2) is 5.17 Å². The van der Waals surface area contributed by atoms with Gasteiger partial charge in [-0.25, -0.2) is 19.3 Å². The molecule has 4 heterocycles. The number of benzene rings is 1. The van der Waals surface area contributed by atoms with Gasteiger partial charge in [0.1, 0.15) is 12.1 Å². The Hall–Kier alpha value is -3.85. The number of rotatable bonds is 4. The topological polar surface area (TPSA) is 99.2 Å². The summed E-state index contributed by atoms with van der Waals surface area (Å²) in [5, 5.41) is 0.457. The number of aromatic nitrogens is 4. The number of fused-ring (bicyclic) bond motifs is 2. The van der Waals surface area contributed by atoms with Crippen LogP contribution in [0.3, 0.4) is 0 Å². The van der Waals surface area contributed by atoms with Gasteiger partial charge in [-0.3, -0.25) is 9.98 Å². The van der Waals surface area contributed by atoms with Crippen LogP contribution in [0.5, 0.6) is 5.88 Å². The van der Waals surface area contributed by atoms with Crippen molar-refractivity contribution in [3.63, 3.8) is 0 Å². The molecule has 1 aromatic carbocycles. The molecule has 6 rings (SSSR count). The Kier molecular flexibility index (Phi) is 5.87. The predicted molar refractivity (Wildman–Crippen MR) is 143 cm³/mol. The molecule has 1 aliphatic carbocycles. The van der Waals surface area contributed by atoms with Crippen LogP contribution in [-0.2, 0) is 18.4 Å². The van der Waals surface area contributed by atoms with Crippen LogP contribution < -0.4 is 10.5 Å². The summed E-state index contributed by atoms with van der Waals surface area (Å²) in [4.78, 5) is 22.3. The van der Waals surface area contributed by atoms with E-state index in [0.717, 1.165) is 44.7 Å². The first-order valence-electron chi connectivity index (χ1n) is 12.0. The smallest absolute Gasteiger partial charge is 0.216 e. The van der Waals surface area contributed by atoms with Crippen LogP contribution in [0.2, 0.25) is 0 Å². The largest absolute Gasteiger partial charge is 0.481 e. The Morgan fingerprint density at radius 3 is 2.65 bits per heavy atom. The number of methoxy groups -OCH3 is 1. The summed E-state index contributed by atoms with van der Waals surface area (Å²) in [5.41, 5.74) is 12.8. The number of nitrogens with zero attached hydrogens (tertiary/aromatic N) is 5. The first-order valence-corrected chi connectivity index (χ1v) is 13.0. The van der Waals surface area contributed by atoms with Crippen molar-refractivity contribution in [3.8, 4) is 28.1 Å². The maximum atomic E-state index is 15.7. The highest BCUT2D eigenvalue weighted by Crippen LogP contribution is 2.52. The number of halogens is 1. The van der Waals surface area contributed by atoms with Gasteiger partial charge in [0.05, 0.1) is 12.6 Å². The van der Waals surface area contributed by atoms with Gasteiger partial charge in [-0.05, 0) is 48.2 Å². The number of amidine groups is 1. The van der Waals surface area contributed by atoms with Crippen LogP contribution >= 0.6 is 11.8 Å². The first-order chi connectivity index (χ1) is 18.0.